The lowest BCUT2D eigenvalue weighted by molar-refractivity contribution is -0.124. The average Bonchev–Trinajstić information content (AvgIpc) is 3.10. The van der Waals surface area contributed by atoms with Gasteiger partial charge in [-0.15, -0.1) is 0 Å². The lowest BCUT2D eigenvalue weighted by Crippen LogP contribution is -2.41. The number of nitrogens with one attached hydrogen (secondary N) is 1. The van der Waals surface area contributed by atoms with Crippen LogP contribution in [-0.2, 0) is 4.79 Å². The van der Waals surface area contributed by atoms with Crippen molar-refractivity contribution < 1.29 is 9.53 Å². The molecular formula is C20H24N2O2. The number of nitriles is 1. The van der Waals surface area contributed by atoms with Gasteiger partial charge in [-0.25, -0.2) is 0 Å². The van der Waals surface area contributed by atoms with Gasteiger partial charge in [0.2, 0.25) is 5.91 Å². The van der Waals surface area contributed by atoms with Gasteiger partial charge in [-0.05, 0) is 62.5 Å². The molecule has 3 atom stereocenters. The van der Waals surface area contributed by atoms with Crippen LogP contribution in [0, 0.1) is 29.1 Å². The zero-order valence-electron chi connectivity index (χ0n) is 13.9. The van der Waals surface area contributed by atoms with Crippen molar-refractivity contribution in [1.29, 1.82) is 5.26 Å². The Labute approximate surface area is 143 Å². The van der Waals surface area contributed by atoms with E-state index in [4.69, 9.17) is 10.00 Å². The summed E-state index contributed by atoms with van der Waals surface area (Å²) in [5, 5.41) is 12.4. The van der Waals surface area contributed by atoms with E-state index in [0.717, 1.165) is 25.7 Å². The number of carbonyl (C=O) groups excluding carboxylic acids is 1. The first-order chi connectivity index (χ1) is 11.8. The number of fused-ring (bicyclic) bond motifs is 1. The van der Waals surface area contributed by atoms with Crippen molar-refractivity contribution in [2.75, 3.05) is 0 Å². The van der Waals surface area contributed by atoms with Crippen LogP contribution >= 0.6 is 0 Å². The number of nitrogens with zero attached hydrogens (tertiary/aromatic N) is 1. The zero-order chi connectivity index (χ0) is 16.5. The predicted octanol–water partition coefficient (Wildman–Crippen LogP) is 3.41. The summed E-state index contributed by atoms with van der Waals surface area (Å²) in [7, 11) is 0. The number of amides is 1. The molecular weight excluding hydrogens is 300 g/mol. The number of carbonyl (C=O) groups is 1. The number of para-hydroxylation sites is 1. The van der Waals surface area contributed by atoms with Gasteiger partial charge in [0, 0.05) is 12.0 Å². The van der Waals surface area contributed by atoms with Crippen LogP contribution < -0.4 is 10.1 Å². The van der Waals surface area contributed by atoms with E-state index in [1.165, 1.54) is 19.3 Å². The highest BCUT2D eigenvalue weighted by atomic mass is 16.5. The quantitative estimate of drug-likeness (QED) is 0.923. The van der Waals surface area contributed by atoms with Crippen molar-refractivity contribution in [3.8, 4) is 11.8 Å². The van der Waals surface area contributed by atoms with E-state index in [1.807, 2.05) is 18.2 Å². The molecule has 4 heteroatoms. The fourth-order valence-electron chi connectivity index (χ4n) is 4.67. The maximum Gasteiger partial charge on any atom is 0.223 e. The topological polar surface area (TPSA) is 62.1 Å². The third-order valence-electron chi connectivity index (χ3n) is 6.03. The summed E-state index contributed by atoms with van der Waals surface area (Å²) in [6.45, 7) is 0. The summed E-state index contributed by atoms with van der Waals surface area (Å²) in [5.41, 5.74) is 0.591. The Balaban J connectivity index is 1.25. The minimum atomic E-state index is 0.146. The Morgan fingerprint density at radius 3 is 2.50 bits per heavy atom. The van der Waals surface area contributed by atoms with Gasteiger partial charge in [-0.1, -0.05) is 18.6 Å². The predicted molar refractivity (Wildman–Crippen MR) is 90.3 cm³/mol. The van der Waals surface area contributed by atoms with Crippen LogP contribution in [0.1, 0.15) is 50.5 Å². The molecule has 3 aliphatic carbocycles. The Morgan fingerprint density at radius 2 is 1.79 bits per heavy atom. The molecule has 1 N–H and O–H groups in total. The van der Waals surface area contributed by atoms with Gasteiger partial charge in [0.1, 0.15) is 11.8 Å². The molecule has 0 aliphatic heterocycles. The summed E-state index contributed by atoms with van der Waals surface area (Å²) in [4.78, 5) is 12.4. The average molecular weight is 324 g/mol. The van der Waals surface area contributed by atoms with Crippen molar-refractivity contribution in [3.05, 3.63) is 29.8 Å². The lowest BCUT2D eigenvalue weighted by Gasteiger charge is -2.30. The molecule has 4 nitrogen and oxygen atoms in total. The second-order valence-electron chi connectivity index (χ2n) is 7.49. The fourth-order valence-corrected chi connectivity index (χ4v) is 4.67. The van der Waals surface area contributed by atoms with Gasteiger partial charge in [0.05, 0.1) is 11.7 Å². The molecule has 1 unspecified atom stereocenters. The van der Waals surface area contributed by atoms with Gasteiger partial charge in [0.25, 0.3) is 0 Å². The molecule has 0 aromatic heterocycles. The van der Waals surface area contributed by atoms with E-state index in [0.29, 0.717) is 41.0 Å². The van der Waals surface area contributed by atoms with Gasteiger partial charge < -0.3 is 10.1 Å². The molecule has 4 rings (SSSR count). The standard InChI is InChI=1S/C20H24N2O2/c21-12-13-4-1-2-7-18(13)24-15-10-8-14(9-11-15)22-20(23)19-16-5-3-6-17(16)19/h1-2,4,7,14-17,19H,3,5-6,8-11H2,(H,22,23)/t14?,15?,16-,17+,19?. The number of ether oxygens (including phenoxy) is 1. The number of hydrogen-bond donors (Lipinski definition) is 1. The highest BCUT2D eigenvalue weighted by Crippen LogP contribution is 2.57. The molecule has 24 heavy (non-hydrogen) atoms. The van der Waals surface area contributed by atoms with Crippen molar-refractivity contribution in [2.24, 2.45) is 17.8 Å². The Bertz CT molecular complexity index is 648. The Hall–Kier alpha value is -2.02. The van der Waals surface area contributed by atoms with E-state index in [-0.39, 0.29) is 6.10 Å². The minimum absolute atomic E-state index is 0.146. The molecule has 3 aliphatic rings. The third-order valence-corrected chi connectivity index (χ3v) is 6.03. The second kappa shape index (κ2) is 6.47. The maximum atomic E-state index is 12.4. The van der Waals surface area contributed by atoms with Crippen LogP contribution in [-0.4, -0.2) is 18.1 Å². The van der Waals surface area contributed by atoms with Crippen molar-refractivity contribution >= 4 is 5.91 Å². The highest BCUT2D eigenvalue weighted by molar-refractivity contribution is 5.82. The fraction of sp³-hybridized carbons (Fsp3) is 0.600. The van der Waals surface area contributed by atoms with Gasteiger partial charge in [0.15, 0.2) is 0 Å². The SMILES string of the molecule is N#Cc1ccccc1OC1CCC(NC(=O)C2[C@H]3CCC[C@@H]23)CC1. The van der Waals surface area contributed by atoms with Crippen LogP contribution in [0.5, 0.6) is 5.75 Å². The van der Waals surface area contributed by atoms with Crippen LogP contribution in [0.4, 0.5) is 0 Å². The molecule has 0 bridgehead atoms. The van der Waals surface area contributed by atoms with E-state index < -0.39 is 0 Å². The van der Waals surface area contributed by atoms with E-state index in [9.17, 15) is 4.79 Å². The first kappa shape index (κ1) is 15.5. The van der Waals surface area contributed by atoms with Crippen molar-refractivity contribution in [1.82, 2.24) is 5.32 Å². The van der Waals surface area contributed by atoms with Crippen LogP contribution in [0.15, 0.2) is 24.3 Å². The number of benzene rings is 1. The first-order valence-electron chi connectivity index (χ1n) is 9.22. The molecule has 3 fully saturated rings. The Morgan fingerprint density at radius 1 is 1.08 bits per heavy atom. The minimum Gasteiger partial charge on any atom is -0.489 e. The largest absolute Gasteiger partial charge is 0.489 e. The normalized spacial score (nSPS) is 34.0. The molecule has 0 heterocycles. The lowest BCUT2D eigenvalue weighted by atomic mass is 9.92. The van der Waals surface area contributed by atoms with Crippen LogP contribution in [0.2, 0.25) is 0 Å². The summed E-state index contributed by atoms with van der Waals surface area (Å²) in [6, 6.07) is 9.87. The monoisotopic (exact) mass is 324 g/mol. The summed E-state index contributed by atoms with van der Waals surface area (Å²) in [6.07, 6.45) is 7.76. The summed E-state index contributed by atoms with van der Waals surface area (Å²) >= 11 is 0. The second-order valence-corrected chi connectivity index (χ2v) is 7.49. The third kappa shape index (κ3) is 3.00. The van der Waals surface area contributed by atoms with Crippen molar-refractivity contribution in [3.63, 3.8) is 0 Å². The van der Waals surface area contributed by atoms with E-state index in [1.54, 1.807) is 6.07 Å². The molecule has 1 aromatic rings. The molecule has 1 amide bonds. The maximum absolute atomic E-state index is 12.4. The van der Waals surface area contributed by atoms with Crippen LogP contribution in [0.25, 0.3) is 0 Å². The molecule has 126 valence electrons. The number of rotatable bonds is 4. The molecule has 0 saturated heterocycles. The Kier molecular flexibility index (Phi) is 4.18. The van der Waals surface area contributed by atoms with Gasteiger partial charge >= 0.3 is 0 Å². The number of hydrogen-bond acceptors (Lipinski definition) is 3. The van der Waals surface area contributed by atoms with Gasteiger partial charge in [-0.2, -0.15) is 5.26 Å². The molecule has 1 aromatic carbocycles. The summed E-state index contributed by atoms with van der Waals surface area (Å²) < 4.78 is 6.02. The smallest absolute Gasteiger partial charge is 0.223 e. The van der Waals surface area contributed by atoms with Gasteiger partial charge in [-0.3, -0.25) is 4.79 Å². The first-order valence-corrected chi connectivity index (χ1v) is 9.22. The molecule has 3 saturated carbocycles. The summed E-state index contributed by atoms with van der Waals surface area (Å²) in [5.74, 6) is 2.66. The van der Waals surface area contributed by atoms with E-state index in [2.05, 4.69) is 11.4 Å². The molecule has 0 spiro atoms. The molecule has 0 radical (unpaired) electrons. The highest BCUT2D eigenvalue weighted by Gasteiger charge is 2.56. The van der Waals surface area contributed by atoms with E-state index >= 15 is 0 Å². The van der Waals surface area contributed by atoms with Crippen molar-refractivity contribution in [2.45, 2.75) is 57.1 Å². The van der Waals surface area contributed by atoms with Crippen LogP contribution in [0.3, 0.4) is 0 Å². The zero-order valence-corrected chi connectivity index (χ0v) is 13.9.